The number of rotatable bonds is 9. The van der Waals surface area contributed by atoms with Crippen molar-refractivity contribution in [1.29, 1.82) is 0 Å². The molecule has 1 aromatic rings. The maximum absolute atomic E-state index is 14.6. The van der Waals surface area contributed by atoms with Crippen LogP contribution in [0.15, 0.2) is 35.0 Å². The molecule has 1 amide bonds. The minimum Gasteiger partial charge on any atom is -0.493 e. The number of guanidine groups is 1. The van der Waals surface area contributed by atoms with Gasteiger partial charge < -0.3 is 24.6 Å². The van der Waals surface area contributed by atoms with Crippen LogP contribution in [-0.2, 0) is 16.0 Å². The van der Waals surface area contributed by atoms with E-state index in [0.717, 1.165) is 62.9 Å². The van der Waals surface area contributed by atoms with Gasteiger partial charge in [0.1, 0.15) is 11.6 Å². The molecule has 8 heteroatoms. The second-order valence-electron chi connectivity index (χ2n) is 11.6. The summed E-state index contributed by atoms with van der Waals surface area (Å²) in [6, 6.07) is 4.97. The summed E-state index contributed by atoms with van der Waals surface area (Å²) in [5.41, 5.74) is 1.64. The first-order valence-corrected chi connectivity index (χ1v) is 14.0. The fourth-order valence-electron chi connectivity index (χ4n) is 6.59. The zero-order valence-corrected chi connectivity index (χ0v) is 21.8. The molecule has 2 saturated carbocycles. The Bertz CT molecular complexity index is 1060. The van der Waals surface area contributed by atoms with Crippen molar-refractivity contribution in [2.24, 2.45) is 34.6 Å². The molecule has 5 aliphatic rings. The van der Waals surface area contributed by atoms with Crippen molar-refractivity contribution in [3.8, 4) is 5.75 Å². The van der Waals surface area contributed by atoms with Gasteiger partial charge in [-0.15, -0.1) is 0 Å². The predicted molar refractivity (Wildman–Crippen MR) is 140 cm³/mol. The Morgan fingerprint density at radius 2 is 1.97 bits per heavy atom. The summed E-state index contributed by atoms with van der Waals surface area (Å²) in [6.45, 7) is 5.86. The van der Waals surface area contributed by atoms with Crippen LogP contribution in [0.2, 0.25) is 0 Å². The highest BCUT2D eigenvalue weighted by atomic mass is 19.1. The molecule has 4 atom stereocenters. The number of benzene rings is 1. The molecule has 37 heavy (non-hydrogen) atoms. The van der Waals surface area contributed by atoms with Crippen molar-refractivity contribution in [3.63, 3.8) is 0 Å². The Labute approximate surface area is 219 Å². The van der Waals surface area contributed by atoms with Crippen LogP contribution in [0.4, 0.5) is 4.39 Å². The molecule has 1 N–H and O–H groups in total. The van der Waals surface area contributed by atoms with Crippen LogP contribution >= 0.6 is 0 Å². The third-order valence-corrected chi connectivity index (χ3v) is 9.05. The van der Waals surface area contributed by atoms with Crippen molar-refractivity contribution >= 4 is 11.9 Å². The van der Waals surface area contributed by atoms with Gasteiger partial charge in [-0.3, -0.25) is 4.79 Å². The first kappa shape index (κ1) is 24.7. The number of aliphatic imine (C=N–C) groups is 1. The van der Waals surface area contributed by atoms with Crippen LogP contribution in [0.25, 0.3) is 0 Å². The van der Waals surface area contributed by atoms with Gasteiger partial charge in [0, 0.05) is 52.1 Å². The van der Waals surface area contributed by atoms with Gasteiger partial charge in [-0.2, -0.15) is 0 Å². The molecule has 0 radical (unpaired) electrons. The Morgan fingerprint density at radius 3 is 2.68 bits per heavy atom. The number of piperidine rings is 2. The zero-order valence-electron chi connectivity index (χ0n) is 21.8. The second kappa shape index (κ2) is 10.6. The van der Waals surface area contributed by atoms with Gasteiger partial charge in [-0.1, -0.05) is 6.07 Å². The molecule has 2 unspecified atom stereocenters. The van der Waals surface area contributed by atoms with Gasteiger partial charge in [-0.25, -0.2) is 9.38 Å². The summed E-state index contributed by atoms with van der Waals surface area (Å²) < 4.78 is 25.7. The Morgan fingerprint density at radius 1 is 1.16 bits per heavy atom. The standard InChI is InChI=1S/C29H39FN4O3/c1-36-18-19-14-31-29(32-15-19)33-7-4-20(5-8-33)26-11-21(26)6-9-37-25-3-2-22(27(30)13-25)12-28(35)34-16-23-10-24(23)17-34/h2-3,13-14,20-21,23-24,26H,4-12,15-18H2,1H3,(H,31,32)/t21-,23?,24?,26-/m1/s1. The van der Waals surface area contributed by atoms with Crippen LogP contribution < -0.4 is 10.1 Å². The number of halogens is 1. The number of nitrogens with zero attached hydrogens (tertiary/aromatic N) is 3. The summed E-state index contributed by atoms with van der Waals surface area (Å²) >= 11 is 0. The van der Waals surface area contributed by atoms with Crippen molar-refractivity contribution < 1.29 is 18.7 Å². The maximum Gasteiger partial charge on any atom is 0.227 e. The van der Waals surface area contributed by atoms with Crippen molar-refractivity contribution in [3.05, 3.63) is 41.4 Å². The average molecular weight is 511 g/mol. The van der Waals surface area contributed by atoms with E-state index in [9.17, 15) is 9.18 Å². The zero-order chi connectivity index (χ0) is 25.4. The first-order valence-electron chi connectivity index (χ1n) is 14.0. The number of fused-ring (bicyclic) bond motifs is 1. The molecular formula is C29H39FN4O3. The molecule has 2 aliphatic carbocycles. The lowest BCUT2D eigenvalue weighted by Crippen LogP contribution is -2.47. The summed E-state index contributed by atoms with van der Waals surface area (Å²) in [4.78, 5) is 21.3. The molecule has 7 nitrogen and oxygen atoms in total. The van der Waals surface area contributed by atoms with E-state index in [1.54, 1.807) is 13.2 Å². The van der Waals surface area contributed by atoms with Gasteiger partial charge in [0.2, 0.25) is 5.91 Å². The minimum absolute atomic E-state index is 0.0430. The van der Waals surface area contributed by atoms with Crippen LogP contribution in [0.3, 0.4) is 0 Å². The number of nitrogens with one attached hydrogen (secondary N) is 1. The van der Waals surface area contributed by atoms with Crippen LogP contribution in [0.1, 0.15) is 37.7 Å². The quantitative estimate of drug-likeness (QED) is 0.551. The van der Waals surface area contributed by atoms with E-state index in [-0.39, 0.29) is 18.1 Å². The highest BCUT2D eigenvalue weighted by Crippen LogP contribution is 2.50. The third kappa shape index (κ3) is 5.79. The lowest BCUT2D eigenvalue weighted by atomic mass is 9.90. The van der Waals surface area contributed by atoms with E-state index in [1.165, 1.54) is 37.3 Å². The summed E-state index contributed by atoms with van der Waals surface area (Å²) in [5, 5.41) is 3.43. The monoisotopic (exact) mass is 510 g/mol. The molecule has 0 bridgehead atoms. The smallest absolute Gasteiger partial charge is 0.227 e. The molecule has 2 saturated heterocycles. The van der Waals surface area contributed by atoms with Gasteiger partial charge in [0.15, 0.2) is 5.96 Å². The summed E-state index contributed by atoms with van der Waals surface area (Å²) in [5.74, 6) is 4.95. The van der Waals surface area contributed by atoms with Gasteiger partial charge >= 0.3 is 0 Å². The van der Waals surface area contributed by atoms with Crippen molar-refractivity contribution in [2.75, 3.05) is 53.0 Å². The molecule has 1 aromatic carbocycles. The van der Waals surface area contributed by atoms with E-state index in [4.69, 9.17) is 9.47 Å². The lowest BCUT2D eigenvalue weighted by molar-refractivity contribution is -0.130. The van der Waals surface area contributed by atoms with E-state index >= 15 is 0 Å². The first-order chi connectivity index (χ1) is 18.1. The topological polar surface area (TPSA) is 66.4 Å². The highest BCUT2D eigenvalue weighted by molar-refractivity contribution is 5.82. The Balaban J connectivity index is 0.897. The average Bonchev–Trinajstić information content (AvgIpc) is 3.82. The SMILES string of the molecule is COCC1=CN=C(N2CCC([C@H]3C[C@H]3CCOc3ccc(CC(=O)N4CC5CC5C4)c(F)c3)CC2)NC1. The second-order valence-corrected chi connectivity index (χ2v) is 11.6. The maximum atomic E-state index is 14.6. The molecular weight excluding hydrogens is 471 g/mol. The van der Waals surface area contributed by atoms with Gasteiger partial charge in [0.05, 0.1) is 19.6 Å². The number of carbonyl (C=O) groups is 1. The number of methoxy groups -OCH3 is 1. The molecule has 3 heterocycles. The number of likely N-dealkylation sites (tertiary alicyclic amines) is 2. The fourth-order valence-corrected chi connectivity index (χ4v) is 6.59. The third-order valence-electron chi connectivity index (χ3n) is 9.05. The summed E-state index contributed by atoms with van der Waals surface area (Å²) in [6.07, 6.45) is 8.06. The number of carbonyl (C=O) groups excluding carboxylic acids is 1. The lowest BCUT2D eigenvalue weighted by Gasteiger charge is -2.35. The molecule has 0 spiro atoms. The van der Waals surface area contributed by atoms with E-state index in [1.807, 2.05) is 17.2 Å². The number of ether oxygens (including phenoxy) is 2. The fraction of sp³-hybridized carbons (Fsp3) is 0.655. The van der Waals surface area contributed by atoms with E-state index in [0.29, 0.717) is 36.4 Å². The van der Waals surface area contributed by atoms with E-state index < -0.39 is 0 Å². The predicted octanol–water partition coefficient (Wildman–Crippen LogP) is 3.45. The number of hydrogen-bond acceptors (Lipinski definition) is 6. The van der Waals surface area contributed by atoms with Crippen molar-refractivity contribution in [1.82, 2.24) is 15.1 Å². The molecule has 3 aliphatic heterocycles. The number of hydrogen-bond donors (Lipinski definition) is 1. The highest BCUT2D eigenvalue weighted by Gasteiger charge is 2.46. The van der Waals surface area contributed by atoms with Crippen LogP contribution in [0, 0.1) is 35.4 Å². The number of amides is 1. The van der Waals surface area contributed by atoms with Crippen LogP contribution in [0.5, 0.6) is 5.75 Å². The Hall–Kier alpha value is -2.61. The normalized spacial score (nSPS) is 28.8. The largest absolute Gasteiger partial charge is 0.493 e. The van der Waals surface area contributed by atoms with Gasteiger partial charge in [-0.05, 0) is 78.9 Å². The molecule has 0 aromatic heterocycles. The van der Waals surface area contributed by atoms with Crippen molar-refractivity contribution in [2.45, 2.75) is 38.5 Å². The Kier molecular flexibility index (Phi) is 7.10. The van der Waals surface area contributed by atoms with E-state index in [2.05, 4.69) is 15.2 Å². The molecule has 4 fully saturated rings. The minimum atomic E-state index is -0.339. The summed E-state index contributed by atoms with van der Waals surface area (Å²) in [7, 11) is 1.71. The molecule has 200 valence electrons. The van der Waals surface area contributed by atoms with Gasteiger partial charge in [0.25, 0.3) is 0 Å². The van der Waals surface area contributed by atoms with Crippen LogP contribution in [-0.4, -0.2) is 74.7 Å². The molecule has 6 rings (SSSR count).